The molecule has 0 saturated heterocycles. The number of rotatable bonds is 5. The van der Waals surface area contributed by atoms with Crippen LogP contribution in [0.3, 0.4) is 0 Å². The van der Waals surface area contributed by atoms with Gasteiger partial charge in [-0.1, -0.05) is 11.6 Å². The molecule has 7 heteroatoms. The molecule has 3 rings (SSSR count). The van der Waals surface area contributed by atoms with Crippen LogP contribution in [0, 0.1) is 13.8 Å². The van der Waals surface area contributed by atoms with Gasteiger partial charge in [0.1, 0.15) is 5.75 Å². The molecule has 1 aromatic heterocycles. The molecule has 2 aromatic carbocycles. The minimum absolute atomic E-state index is 0.194. The second-order valence-corrected chi connectivity index (χ2v) is 7.57. The number of hydrogen-bond donors (Lipinski definition) is 1. The van der Waals surface area contributed by atoms with Crippen molar-refractivity contribution in [2.24, 2.45) is 0 Å². The molecule has 0 unspecified atom stereocenters. The maximum atomic E-state index is 12.9. The summed E-state index contributed by atoms with van der Waals surface area (Å²) in [6.07, 6.45) is 0. The van der Waals surface area contributed by atoms with Gasteiger partial charge >= 0.3 is 0 Å². The van der Waals surface area contributed by atoms with E-state index >= 15 is 0 Å². The molecule has 1 N–H and O–H groups in total. The summed E-state index contributed by atoms with van der Waals surface area (Å²) in [6, 6.07) is 14.4. The topological polar surface area (TPSA) is 63.6 Å². The van der Waals surface area contributed by atoms with Gasteiger partial charge in [0, 0.05) is 36.9 Å². The third-order valence-electron chi connectivity index (χ3n) is 4.87. The van der Waals surface area contributed by atoms with Crippen LogP contribution in [0.15, 0.2) is 48.5 Å². The Hall–Kier alpha value is -3.25. The van der Waals surface area contributed by atoms with E-state index in [1.807, 2.05) is 48.7 Å². The van der Waals surface area contributed by atoms with Gasteiger partial charge in [0.25, 0.3) is 11.8 Å². The van der Waals surface area contributed by atoms with Gasteiger partial charge in [0.15, 0.2) is 0 Å². The van der Waals surface area contributed by atoms with E-state index < -0.39 is 0 Å². The second-order valence-electron chi connectivity index (χ2n) is 7.17. The molecular formula is C23H24ClN3O3. The highest BCUT2D eigenvalue weighted by atomic mass is 35.5. The smallest absolute Gasteiger partial charge is 0.257 e. The van der Waals surface area contributed by atoms with Crippen LogP contribution in [0.5, 0.6) is 5.75 Å². The van der Waals surface area contributed by atoms with Gasteiger partial charge < -0.3 is 19.5 Å². The Morgan fingerprint density at radius 1 is 1.00 bits per heavy atom. The highest BCUT2D eigenvalue weighted by molar-refractivity contribution is 6.34. The number of halogens is 1. The summed E-state index contributed by atoms with van der Waals surface area (Å²) in [7, 11) is 4.94. The third-order valence-corrected chi connectivity index (χ3v) is 5.18. The van der Waals surface area contributed by atoms with Crippen molar-refractivity contribution >= 4 is 29.1 Å². The Labute approximate surface area is 181 Å². The molecule has 0 saturated carbocycles. The summed E-state index contributed by atoms with van der Waals surface area (Å²) in [5.74, 6) is 0.332. The number of aromatic nitrogens is 1. The van der Waals surface area contributed by atoms with Crippen LogP contribution in [0.1, 0.15) is 32.1 Å². The van der Waals surface area contributed by atoms with Gasteiger partial charge in [-0.15, -0.1) is 0 Å². The van der Waals surface area contributed by atoms with Gasteiger partial charge in [-0.2, -0.15) is 0 Å². The molecule has 30 heavy (non-hydrogen) atoms. The molecular weight excluding hydrogens is 402 g/mol. The summed E-state index contributed by atoms with van der Waals surface area (Å²) in [4.78, 5) is 26.5. The minimum atomic E-state index is -0.245. The second kappa shape index (κ2) is 8.63. The predicted octanol–water partition coefficient (Wildman–Crippen LogP) is 4.71. The SMILES string of the molecule is COc1ccc(-n2c(C)cc(C(=O)Nc3ccc(C(=O)N(C)C)c(Cl)c3)c2C)cc1. The average Bonchev–Trinajstić information content (AvgIpc) is 3.02. The summed E-state index contributed by atoms with van der Waals surface area (Å²) in [6.45, 7) is 3.85. The van der Waals surface area contributed by atoms with Gasteiger partial charge in [0.05, 0.1) is 23.3 Å². The molecule has 6 nitrogen and oxygen atoms in total. The van der Waals surface area contributed by atoms with Crippen LogP contribution >= 0.6 is 11.6 Å². The van der Waals surface area contributed by atoms with Crippen molar-refractivity contribution in [2.75, 3.05) is 26.5 Å². The average molecular weight is 426 g/mol. The first kappa shape index (κ1) is 21.5. The van der Waals surface area contributed by atoms with E-state index in [4.69, 9.17) is 16.3 Å². The largest absolute Gasteiger partial charge is 0.497 e. The Kier molecular flexibility index (Phi) is 6.17. The summed E-state index contributed by atoms with van der Waals surface area (Å²) in [5.41, 5.74) is 4.17. The first-order valence-electron chi connectivity index (χ1n) is 9.39. The number of benzene rings is 2. The fourth-order valence-electron chi connectivity index (χ4n) is 3.33. The van der Waals surface area contributed by atoms with E-state index in [0.29, 0.717) is 16.8 Å². The van der Waals surface area contributed by atoms with Crippen molar-refractivity contribution in [2.45, 2.75) is 13.8 Å². The lowest BCUT2D eigenvalue weighted by Crippen LogP contribution is -2.22. The lowest BCUT2D eigenvalue weighted by atomic mass is 10.1. The monoisotopic (exact) mass is 425 g/mol. The quantitative estimate of drug-likeness (QED) is 0.643. The standard InChI is InChI=1S/C23H24ClN3O3/c1-14-12-20(15(2)27(14)17-7-9-18(30-5)10-8-17)22(28)25-16-6-11-19(21(24)13-16)23(29)26(3)4/h6-13H,1-5H3,(H,25,28). The molecule has 3 aromatic rings. The fraction of sp³-hybridized carbons (Fsp3) is 0.217. The predicted molar refractivity (Wildman–Crippen MR) is 119 cm³/mol. The highest BCUT2D eigenvalue weighted by Crippen LogP contribution is 2.25. The number of hydrogen-bond acceptors (Lipinski definition) is 3. The number of ether oxygens (including phenoxy) is 1. The molecule has 156 valence electrons. The third kappa shape index (κ3) is 4.19. The number of nitrogens with zero attached hydrogens (tertiary/aromatic N) is 2. The number of anilines is 1. The maximum Gasteiger partial charge on any atom is 0.257 e. The van der Waals surface area contributed by atoms with Crippen molar-refractivity contribution in [1.82, 2.24) is 9.47 Å². The zero-order valence-electron chi connectivity index (χ0n) is 17.6. The summed E-state index contributed by atoms with van der Waals surface area (Å²) in [5, 5.41) is 3.15. The molecule has 0 aliphatic heterocycles. The number of carbonyl (C=O) groups is 2. The normalized spacial score (nSPS) is 10.6. The molecule has 0 aliphatic rings. The minimum Gasteiger partial charge on any atom is -0.497 e. The number of methoxy groups -OCH3 is 1. The maximum absolute atomic E-state index is 12.9. The Morgan fingerprint density at radius 2 is 1.67 bits per heavy atom. The molecule has 0 aliphatic carbocycles. The molecule has 2 amide bonds. The van der Waals surface area contributed by atoms with E-state index in [9.17, 15) is 9.59 Å². The molecule has 0 radical (unpaired) electrons. The summed E-state index contributed by atoms with van der Waals surface area (Å²) >= 11 is 6.25. The molecule has 0 atom stereocenters. The van der Waals surface area contributed by atoms with E-state index in [1.165, 1.54) is 4.90 Å². The van der Waals surface area contributed by atoms with E-state index in [0.717, 1.165) is 22.8 Å². The van der Waals surface area contributed by atoms with E-state index in [2.05, 4.69) is 5.32 Å². The zero-order valence-corrected chi connectivity index (χ0v) is 18.4. The lowest BCUT2D eigenvalue weighted by Gasteiger charge is -2.13. The van der Waals surface area contributed by atoms with Gasteiger partial charge in [0.2, 0.25) is 0 Å². The van der Waals surface area contributed by atoms with Gasteiger partial charge in [-0.25, -0.2) is 0 Å². The van der Waals surface area contributed by atoms with Crippen molar-refractivity contribution in [3.63, 3.8) is 0 Å². The fourth-order valence-corrected chi connectivity index (χ4v) is 3.59. The lowest BCUT2D eigenvalue weighted by molar-refractivity contribution is 0.0827. The van der Waals surface area contributed by atoms with Crippen molar-refractivity contribution in [3.05, 3.63) is 76.1 Å². The molecule has 1 heterocycles. The molecule has 0 fully saturated rings. The summed E-state index contributed by atoms with van der Waals surface area (Å²) < 4.78 is 7.23. The van der Waals surface area contributed by atoms with Crippen LogP contribution in [-0.4, -0.2) is 42.5 Å². The van der Waals surface area contributed by atoms with E-state index in [1.54, 1.807) is 39.4 Å². The van der Waals surface area contributed by atoms with Gasteiger partial charge in [-0.05, 0) is 62.4 Å². The first-order chi connectivity index (χ1) is 14.2. The molecule has 0 spiro atoms. The van der Waals surface area contributed by atoms with Crippen LogP contribution in [-0.2, 0) is 0 Å². The van der Waals surface area contributed by atoms with Crippen molar-refractivity contribution in [1.29, 1.82) is 0 Å². The van der Waals surface area contributed by atoms with Crippen LogP contribution in [0.2, 0.25) is 5.02 Å². The number of carbonyl (C=O) groups excluding carboxylic acids is 2. The van der Waals surface area contributed by atoms with Crippen molar-refractivity contribution in [3.8, 4) is 11.4 Å². The van der Waals surface area contributed by atoms with Crippen LogP contribution in [0.4, 0.5) is 5.69 Å². The zero-order chi connectivity index (χ0) is 22.0. The van der Waals surface area contributed by atoms with Crippen LogP contribution in [0.25, 0.3) is 5.69 Å². The van der Waals surface area contributed by atoms with Crippen LogP contribution < -0.4 is 10.1 Å². The first-order valence-corrected chi connectivity index (χ1v) is 9.76. The number of amides is 2. The van der Waals surface area contributed by atoms with Gasteiger partial charge in [-0.3, -0.25) is 9.59 Å². The van der Waals surface area contributed by atoms with E-state index in [-0.39, 0.29) is 16.8 Å². The highest BCUT2D eigenvalue weighted by Gasteiger charge is 2.18. The molecule has 0 bridgehead atoms. The Morgan fingerprint density at radius 3 is 2.23 bits per heavy atom. The number of nitrogens with one attached hydrogen (secondary N) is 1. The Balaban J connectivity index is 1.86. The number of aryl methyl sites for hydroxylation is 1. The van der Waals surface area contributed by atoms with Crippen molar-refractivity contribution < 1.29 is 14.3 Å². The Bertz CT molecular complexity index is 1100.